The molecule has 0 radical (unpaired) electrons. The van der Waals surface area contributed by atoms with E-state index in [1.807, 2.05) is 31.2 Å². The van der Waals surface area contributed by atoms with E-state index in [9.17, 15) is 34.5 Å². The van der Waals surface area contributed by atoms with Crippen LogP contribution >= 0.6 is 0 Å². The maximum Gasteiger partial charge on any atom is 0.326 e. The van der Waals surface area contributed by atoms with Crippen molar-refractivity contribution in [2.75, 3.05) is 0 Å². The van der Waals surface area contributed by atoms with Crippen molar-refractivity contribution < 1.29 is 34.5 Å². The summed E-state index contributed by atoms with van der Waals surface area (Å²) in [5, 5.41) is 38.0. The molecule has 5 atom stereocenters. The highest BCUT2D eigenvalue weighted by molar-refractivity contribution is 5.95. The van der Waals surface area contributed by atoms with E-state index in [-0.39, 0.29) is 36.7 Å². The van der Waals surface area contributed by atoms with Crippen LogP contribution in [0.2, 0.25) is 0 Å². The van der Waals surface area contributed by atoms with Gasteiger partial charge in [-0.3, -0.25) is 14.4 Å². The highest BCUT2D eigenvalue weighted by Gasteiger charge is 2.32. The van der Waals surface area contributed by atoms with Gasteiger partial charge in [0.2, 0.25) is 17.7 Å². The summed E-state index contributed by atoms with van der Waals surface area (Å²) in [7, 11) is 0. The summed E-state index contributed by atoms with van der Waals surface area (Å²) >= 11 is 0. The Morgan fingerprint density at radius 1 is 0.745 bits per heavy atom. The van der Waals surface area contributed by atoms with Gasteiger partial charge in [-0.1, -0.05) is 62.7 Å². The standard InChI is InChI=1S/C35H41N5O7/c1-3-20(2)31(35(46)47)40-34(45)29(17-22-10-14-25(42)15-11-22)39-33(44)30(18-23-19-37-28-7-5-4-6-26(23)28)38-32(43)27(36)16-21-8-12-24(41)13-9-21/h4-15,19-20,27,29-31,37,41-42H,3,16-18,36H2,1-2H3,(H,38,43)(H,39,44)(H,40,45)(H,46,47). The number of carbonyl (C=O) groups excluding carboxylic acids is 3. The van der Waals surface area contributed by atoms with Crippen molar-refractivity contribution in [2.45, 2.75) is 63.7 Å². The van der Waals surface area contributed by atoms with Gasteiger partial charge < -0.3 is 42.0 Å². The smallest absolute Gasteiger partial charge is 0.326 e. The lowest BCUT2D eigenvalue weighted by Crippen LogP contribution is -2.58. The largest absolute Gasteiger partial charge is 0.508 e. The monoisotopic (exact) mass is 643 g/mol. The fourth-order valence-corrected chi connectivity index (χ4v) is 5.27. The van der Waals surface area contributed by atoms with Crippen LogP contribution in [0, 0.1) is 5.92 Å². The number of hydrogen-bond acceptors (Lipinski definition) is 7. The molecule has 12 heteroatoms. The molecule has 0 fully saturated rings. The first-order valence-corrected chi connectivity index (χ1v) is 15.5. The summed E-state index contributed by atoms with van der Waals surface area (Å²) in [6, 6.07) is 15.3. The minimum Gasteiger partial charge on any atom is -0.508 e. The maximum absolute atomic E-state index is 14.0. The molecule has 0 aliphatic carbocycles. The Morgan fingerprint density at radius 3 is 1.87 bits per heavy atom. The molecule has 0 saturated heterocycles. The predicted molar refractivity (Wildman–Crippen MR) is 176 cm³/mol. The number of rotatable bonds is 15. The zero-order chi connectivity index (χ0) is 34.1. The Balaban J connectivity index is 1.60. The number of aromatic hydroxyl groups is 2. The second kappa shape index (κ2) is 15.8. The van der Waals surface area contributed by atoms with E-state index < -0.39 is 47.9 Å². The van der Waals surface area contributed by atoms with Crippen LogP contribution in [-0.4, -0.2) is 68.2 Å². The molecule has 0 aliphatic heterocycles. The molecule has 9 N–H and O–H groups in total. The summed E-state index contributed by atoms with van der Waals surface area (Å²) in [4.78, 5) is 56.1. The van der Waals surface area contributed by atoms with Gasteiger partial charge in [0, 0.05) is 29.9 Å². The Kier molecular flexibility index (Phi) is 11.6. The topological polar surface area (TPSA) is 207 Å². The van der Waals surface area contributed by atoms with Crippen LogP contribution in [0.3, 0.4) is 0 Å². The quantitative estimate of drug-likeness (QED) is 0.0963. The molecule has 3 aromatic carbocycles. The third kappa shape index (κ3) is 9.33. The summed E-state index contributed by atoms with van der Waals surface area (Å²) in [5.74, 6) is -3.46. The first kappa shape index (κ1) is 34.5. The zero-order valence-electron chi connectivity index (χ0n) is 26.3. The first-order valence-electron chi connectivity index (χ1n) is 15.5. The Bertz CT molecular complexity index is 1690. The normalized spacial score (nSPS) is 14.4. The molecule has 3 amide bonds. The van der Waals surface area contributed by atoms with Crippen LogP contribution in [-0.2, 0) is 38.4 Å². The number of phenols is 2. The lowest BCUT2D eigenvalue weighted by molar-refractivity contribution is -0.143. The van der Waals surface area contributed by atoms with Crippen molar-refractivity contribution in [3.63, 3.8) is 0 Å². The zero-order valence-corrected chi connectivity index (χ0v) is 26.3. The Labute approximate surface area is 272 Å². The van der Waals surface area contributed by atoms with Gasteiger partial charge in [0.05, 0.1) is 6.04 Å². The number of amides is 3. The number of aromatic amines is 1. The van der Waals surface area contributed by atoms with Crippen LogP contribution in [0.1, 0.15) is 37.0 Å². The highest BCUT2D eigenvalue weighted by Crippen LogP contribution is 2.20. The molecule has 248 valence electrons. The predicted octanol–water partition coefficient (Wildman–Crippen LogP) is 2.52. The van der Waals surface area contributed by atoms with Gasteiger partial charge in [-0.2, -0.15) is 0 Å². The number of aliphatic carboxylic acids is 1. The van der Waals surface area contributed by atoms with E-state index in [2.05, 4.69) is 20.9 Å². The minimum atomic E-state index is -1.22. The van der Waals surface area contributed by atoms with Gasteiger partial charge in [-0.05, 0) is 59.4 Å². The van der Waals surface area contributed by atoms with Crippen molar-refractivity contribution in [3.8, 4) is 11.5 Å². The number of benzene rings is 3. The van der Waals surface area contributed by atoms with E-state index in [1.165, 1.54) is 24.3 Å². The molecular weight excluding hydrogens is 602 g/mol. The fraction of sp³-hybridized carbons (Fsp3) is 0.314. The molecule has 0 saturated carbocycles. The van der Waals surface area contributed by atoms with Crippen LogP contribution in [0.5, 0.6) is 11.5 Å². The fourth-order valence-electron chi connectivity index (χ4n) is 5.27. The van der Waals surface area contributed by atoms with Gasteiger partial charge in [0.15, 0.2) is 0 Å². The molecule has 5 unspecified atom stereocenters. The van der Waals surface area contributed by atoms with Crippen molar-refractivity contribution in [1.29, 1.82) is 0 Å². The summed E-state index contributed by atoms with van der Waals surface area (Å²) < 4.78 is 0. The molecule has 0 aliphatic rings. The van der Waals surface area contributed by atoms with E-state index in [0.29, 0.717) is 17.5 Å². The number of carboxylic acid groups (broad SMARTS) is 1. The average molecular weight is 644 g/mol. The van der Waals surface area contributed by atoms with Gasteiger partial charge in [-0.15, -0.1) is 0 Å². The SMILES string of the molecule is CCC(C)C(NC(=O)C(Cc1ccc(O)cc1)NC(=O)C(Cc1c[nH]c2ccccc12)NC(=O)C(N)Cc1ccc(O)cc1)C(=O)O. The van der Waals surface area contributed by atoms with Gasteiger partial charge >= 0.3 is 5.97 Å². The van der Waals surface area contributed by atoms with E-state index in [1.54, 1.807) is 37.4 Å². The van der Waals surface area contributed by atoms with Crippen LogP contribution in [0.25, 0.3) is 10.9 Å². The van der Waals surface area contributed by atoms with Crippen molar-refractivity contribution >= 4 is 34.6 Å². The van der Waals surface area contributed by atoms with Crippen LogP contribution in [0.4, 0.5) is 0 Å². The number of nitrogens with two attached hydrogens (primary N) is 1. The molecule has 47 heavy (non-hydrogen) atoms. The molecule has 4 aromatic rings. The summed E-state index contributed by atoms with van der Waals surface area (Å²) in [5.41, 5.74) is 9.14. The molecule has 0 spiro atoms. The molecular formula is C35H41N5O7. The second-order valence-corrected chi connectivity index (χ2v) is 11.7. The number of nitrogens with one attached hydrogen (secondary N) is 4. The van der Waals surface area contributed by atoms with Gasteiger partial charge in [-0.25, -0.2) is 4.79 Å². The number of phenolic OH excluding ortho intramolecular Hbond substituents is 2. The average Bonchev–Trinajstić information content (AvgIpc) is 3.46. The maximum atomic E-state index is 14.0. The molecule has 1 aromatic heterocycles. The van der Waals surface area contributed by atoms with Crippen LogP contribution in [0.15, 0.2) is 79.0 Å². The lowest BCUT2D eigenvalue weighted by atomic mass is 9.97. The third-order valence-electron chi connectivity index (χ3n) is 8.25. The van der Waals surface area contributed by atoms with Gasteiger partial charge in [0.25, 0.3) is 0 Å². The van der Waals surface area contributed by atoms with Gasteiger partial charge in [0.1, 0.15) is 29.6 Å². The number of fused-ring (bicyclic) bond motifs is 1. The second-order valence-electron chi connectivity index (χ2n) is 11.7. The number of aromatic nitrogens is 1. The Morgan fingerprint density at radius 2 is 1.28 bits per heavy atom. The van der Waals surface area contributed by atoms with E-state index >= 15 is 0 Å². The number of carbonyl (C=O) groups is 4. The molecule has 1 heterocycles. The minimum absolute atomic E-state index is 0.0151. The number of hydrogen-bond donors (Lipinski definition) is 8. The van der Waals surface area contributed by atoms with Crippen molar-refractivity contribution in [1.82, 2.24) is 20.9 Å². The number of H-pyrrole nitrogens is 1. The first-order chi connectivity index (χ1) is 22.4. The summed E-state index contributed by atoms with van der Waals surface area (Å²) in [6.45, 7) is 3.52. The molecule has 0 bridgehead atoms. The third-order valence-corrected chi connectivity index (χ3v) is 8.25. The van der Waals surface area contributed by atoms with Crippen LogP contribution < -0.4 is 21.7 Å². The van der Waals surface area contributed by atoms with Crippen molar-refractivity contribution in [2.24, 2.45) is 11.7 Å². The molecule has 4 rings (SSSR count). The molecule has 12 nitrogen and oxygen atoms in total. The number of para-hydroxylation sites is 1. The lowest BCUT2D eigenvalue weighted by Gasteiger charge is -2.27. The van der Waals surface area contributed by atoms with E-state index in [0.717, 1.165) is 16.5 Å². The number of carboxylic acids is 1. The highest BCUT2D eigenvalue weighted by atomic mass is 16.4. The Hall–Kier alpha value is -5.36. The summed E-state index contributed by atoms with van der Waals surface area (Å²) in [6.07, 6.45) is 2.43. The van der Waals surface area contributed by atoms with E-state index in [4.69, 9.17) is 5.73 Å². The van der Waals surface area contributed by atoms with Crippen molar-refractivity contribution in [3.05, 3.63) is 95.7 Å².